The molecular formula is C19H14ClN5O2. The second-order valence-corrected chi connectivity index (χ2v) is 5.84. The summed E-state index contributed by atoms with van der Waals surface area (Å²) in [5.74, 6) is 0.562. The second-order valence-electron chi connectivity index (χ2n) is 5.40. The summed E-state index contributed by atoms with van der Waals surface area (Å²) in [7, 11) is 1.54. The first-order valence-corrected chi connectivity index (χ1v) is 8.21. The molecule has 3 aromatic rings. The van der Waals surface area contributed by atoms with E-state index < -0.39 is 5.91 Å². The fraction of sp³-hybridized carbons (Fsp3) is 0.0526. The van der Waals surface area contributed by atoms with E-state index >= 15 is 0 Å². The Hall–Kier alpha value is -3.63. The molecule has 0 saturated carbocycles. The lowest BCUT2D eigenvalue weighted by Gasteiger charge is -2.11. The van der Waals surface area contributed by atoms with Gasteiger partial charge < -0.3 is 15.4 Å². The van der Waals surface area contributed by atoms with Crippen molar-refractivity contribution < 1.29 is 9.53 Å². The average Bonchev–Trinajstić information content (AvgIpc) is 2.68. The third-order valence-corrected chi connectivity index (χ3v) is 3.81. The highest BCUT2D eigenvalue weighted by Gasteiger charge is 2.11. The van der Waals surface area contributed by atoms with E-state index in [2.05, 4.69) is 20.6 Å². The van der Waals surface area contributed by atoms with Gasteiger partial charge in [-0.3, -0.25) is 4.79 Å². The molecule has 0 bridgehead atoms. The molecule has 3 rings (SSSR count). The number of carbonyl (C=O) groups is 1. The third-order valence-electron chi connectivity index (χ3n) is 3.57. The largest absolute Gasteiger partial charge is 0.495 e. The van der Waals surface area contributed by atoms with Gasteiger partial charge in [0.05, 0.1) is 24.4 Å². The molecule has 0 aliphatic heterocycles. The molecule has 1 heterocycles. The van der Waals surface area contributed by atoms with Gasteiger partial charge in [0, 0.05) is 16.8 Å². The molecule has 1 aromatic heterocycles. The van der Waals surface area contributed by atoms with Crippen LogP contribution in [0.4, 0.5) is 17.2 Å². The molecule has 0 atom stereocenters. The molecule has 2 N–H and O–H groups in total. The third kappa shape index (κ3) is 4.51. The monoisotopic (exact) mass is 379 g/mol. The highest BCUT2D eigenvalue weighted by atomic mass is 35.5. The molecule has 0 fully saturated rings. The molecule has 0 spiro atoms. The number of hydrogen-bond donors (Lipinski definition) is 2. The zero-order chi connectivity index (χ0) is 19.2. The molecule has 0 radical (unpaired) electrons. The normalized spacial score (nSPS) is 9.96. The maximum Gasteiger partial charge on any atom is 0.274 e. The zero-order valence-electron chi connectivity index (χ0n) is 14.2. The van der Waals surface area contributed by atoms with Gasteiger partial charge in [-0.2, -0.15) is 5.26 Å². The molecule has 0 aliphatic rings. The van der Waals surface area contributed by atoms with Crippen LogP contribution in [-0.4, -0.2) is 23.0 Å². The minimum absolute atomic E-state index is 0.163. The van der Waals surface area contributed by atoms with Crippen LogP contribution in [0.15, 0.2) is 54.9 Å². The number of nitrogens with zero attached hydrogens (tertiary/aromatic N) is 3. The molecule has 2 aromatic carbocycles. The van der Waals surface area contributed by atoms with Crippen LogP contribution in [0.5, 0.6) is 5.75 Å². The first kappa shape index (κ1) is 18.2. The van der Waals surface area contributed by atoms with Crippen LogP contribution in [0.2, 0.25) is 5.02 Å². The number of ether oxygens (including phenoxy) is 1. The minimum Gasteiger partial charge on any atom is -0.495 e. The highest BCUT2D eigenvalue weighted by molar-refractivity contribution is 6.31. The van der Waals surface area contributed by atoms with E-state index in [1.54, 1.807) is 49.6 Å². The second kappa shape index (κ2) is 8.17. The van der Waals surface area contributed by atoms with Crippen molar-refractivity contribution in [2.24, 2.45) is 0 Å². The van der Waals surface area contributed by atoms with Gasteiger partial charge in [0.15, 0.2) is 0 Å². The molecule has 0 unspecified atom stereocenters. The Morgan fingerprint density at radius 2 is 2.04 bits per heavy atom. The lowest BCUT2D eigenvalue weighted by Crippen LogP contribution is -2.14. The number of aromatic nitrogens is 2. The smallest absolute Gasteiger partial charge is 0.274 e. The minimum atomic E-state index is -0.423. The maximum atomic E-state index is 12.4. The average molecular weight is 380 g/mol. The number of methoxy groups -OCH3 is 1. The van der Waals surface area contributed by atoms with E-state index in [0.717, 1.165) is 0 Å². The number of carbonyl (C=O) groups excluding carboxylic acids is 1. The summed E-state index contributed by atoms with van der Waals surface area (Å²) in [6.07, 6.45) is 1.28. The van der Waals surface area contributed by atoms with Crippen LogP contribution >= 0.6 is 11.6 Å². The highest BCUT2D eigenvalue weighted by Crippen LogP contribution is 2.29. The van der Waals surface area contributed by atoms with E-state index in [9.17, 15) is 4.79 Å². The number of benzene rings is 2. The predicted molar refractivity (Wildman–Crippen MR) is 102 cm³/mol. The summed E-state index contributed by atoms with van der Waals surface area (Å²) in [6, 6.07) is 15.3. The zero-order valence-corrected chi connectivity index (χ0v) is 15.0. The molecular weight excluding hydrogens is 366 g/mol. The van der Waals surface area contributed by atoms with Crippen LogP contribution in [0.1, 0.15) is 16.1 Å². The van der Waals surface area contributed by atoms with Crippen molar-refractivity contribution >= 4 is 34.7 Å². The van der Waals surface area contributed by atoms with Crippen molar-refractivity contribution in [3.63, 3.8) is 0 Å². The van der Waals surface area contributed by atoms with Gasteiger partial charge in [0.2, 0.25) is 0 Å². The molecule has 0 saturated heterocycles. The van der Waals surface area contributed by atoms with Gasteiger partial charge in [0.1, 0.15) is 23.6 Å². The van der Waals surface area contributed by atoms with E-state index in [1.165, 1.54) is 12.4 Å². The standard InChI is InChI=1S/C19H14ClN5O2/c1-27-17-6-5-13(20)8-15(17)25-18-9-16(22-11-23-18)19(26)24-14-4-2-3-12(7-14)10-21/h2-9,11H,1H3,(H,24,26)(H,22,23,25). The first-order valence-electron chi connectivity index (χ1n) is 7.83. The Labute approximate surface area is 160 Å². The van der Waals surface area contributed by atoms with Crippen LogP contribution < -0.4 is 15.4 Å². The molecule has 1 amide bonds. The number of nitrogens with one attached hydrogen (secondary N) is 2. The van der Waals surface area contributed by atoms with Crippen LogP contribution in [0.25, 0.3) is 0 Å². The molecule has 8 heteroatoms. The Morgan fingerprint density at radius 1 is 1.19 bits per heavy atom. The number of nitriles is 1. The van der Waals surface area contributed by atoms with Crippen LogP contribution in [0, 0.1) is 11.3 Å². The van der Waals surface area contributed by atoms with E-state index in [1.807, 2.05) is 6.07 Å². The van der Waals surface area contributed by atoms with Crippen molar-refractivity contribution in [3.8, 4) is 11.8 Å². The Morgan fingerprint density at radius 3 is 2.81 bits per heavy atom. The maximum absolute atomic E-state index is 12.4. The quantitative estimate of drug-likeness (QED) is 0.694. The lowest BCUT2D eigenvalue weighted by molar-refractivity contribution is 0.102. The topological polar surface area (TPSA) is 99.9 Å². The summed E-state index contributed by atoms with van der Waals surface area (Å²) < 4.78 is 5.28. The van der Waals surface area contributed by atoms with Crippen LogP contribution in [-0.2, 0) is 0 Å². The summed E-state index contributed by atoms with van der Waals surface area (Å²) >= 11 is 6.02. The summed E-state index contributed by atoms with van der Waals surface area (Å²) in [5, 5.41) is 15.2. The van der Waals surface area contributed by atoms with Gasteiger partial charge in [-0.05, 0) is 36.4 Å². The Balaban J connectivity index is 1.80. The molecule has 0 aliphatic carbocycles. The van der Waals surface area contributed by atoms with Gasteiger partial charge in [0.25, 0.3) is 5.91 Å². The SMILES string of the molecule is COc1ccc(Cl)cc1Nc1cc(C(=O)Nc2cccc(C#N)c2)ncn1. The lowest BCUT2D eigenvalue weighted by atomic mass is 10.2. The van der Waals surface area contributed by atoms with Crippen molar-refractivity contribution in [2.75, 3.05) is 17.7 Å². The van der Waals surface area contributed by atoms with Gasteiger partial charge in [-0.15, -0.1) is 0 Å². The fourth-order valence-electron chi connectivity index (χ4n) is 2.33. The Bertz CT molecular complexity index is 1030. The predicted octanol–water partition coefficient (Wildman–Crippen LogP) is 4.01. The van der Waals surface area contributed by atoms with Crippen molar-refractivity contribution in [2.45, 2.75) is 0 Å². The van der Waals surface area contributed by atoms with Gasteiger partial charge in [-0.25, -0.2) is 9.97 Å². The van der Waals surface area contributed by atoms with Crippen molar-refractivity contribution in [3.05, 3.63) is 71.1 Å². The van der Waals surface area contributed by atoms with E-state index in [0.29, 0.717) is 33.5 Å². The summed E-state index contributed by atoms with van der Waals surface area (Å²) in [6.45, 7) is 0. The number of amides is 1. The fourth-order valence-corrected chi connectivity index (χ4v) is 2.50. The van der Waals surface area contributed by atoms with Gasteiger partial charge >= 0.3 is 0 Å². The number of halogens is 1. The summed E-state index contributed by atoms with van der Waals surface area (Å²) in [5.41, 5.74) is 1.72. The number of rotatable bonds is 5. The first-order chi connectivity index (χ1) is 13.1. The summed E-state index contributed by atoms with van der Waals surface area (Å²) in [4.78, 5) is 20.5. The molecule has 27 heavy (non-hydrogen) atoms. The van der Waals surface area contributed by atoms with E-state index in [4.69, 9.17) is 21.6 Å². The van der Waals surface area contributed by atoms with Crippen molar-refractivity contribution in [1.29, 1.82) is 5.26 Å². The van der Waals surface area contributed by atoms with Crippen LogP contribution in [0.3, 0.4) is 0 Å². The molecule has 134 valence electrons. The van der Waals surface area contributed by atoms with Crippen molar-refractivity contribution in [1.82, 2.24) is 9.97 Å². The van der Waals surface area contributed by atoms with E-state index in [-0.39, 0.29) is 5.69 Å². The Kier molecular flexibility index (Phi) is 5.50. The van der Waals surface area contributed by atoms with Gasteiger partial charge in [-0.1, -0.05) is 17.7 Å². The number of hydrogen-bond acceptors (Lipinski definition) is 6. The number of anilines is 3. The molecule has 7 nitrogen and oxygen atoms in total.